The largest absolute Gasteiger partial charge is 0.388 e. The highest BCUT2D eigenvalue weighted by molar-refractivity contribution is 7.16. The van der Waals surface area contributed by atoms with E-state index in [1.165, 1.54) is 17.4 Å². The van der Waals surface area contributed by atoms with Gasteiger partial charge in [0, 0.05) is 31.1 Å². The summed E-state index contributed by atoms with van der Waals surface area (Å²) in [4.78, 5) is 12.9. The quantitative estimate of drug-likeness (QED) is 0.582. The molecule has 0 unspecified atom stereocenters. The lowest BCUT2D eigenvalue weighted by Gasteiger charge is -2.20. The first-order chi connectivity index (χ1) is 9.51. The molecule has 0 amide bonds. The maximum Gasteiger partial charge on any atom is 0.304 e. The molecule has 1 heterocycles. The Morgan fingerprint density at radius 2 is 2.35 bits per heavy atom. The summed E-state index contributed by atoms with van der Waals surface area (Å²) in [5.41, 5.74) is -0.0417. The Morgan fingerprint density at radius 3 is 2.85 bits per heavy atom. The fourth-order valence-electron chi connectivity index (χ4n) is 1.65. The zero-order chi connectivity index (χ0) is 15.1. The highest BCUT2D eigenvalue weighted by Gasteiger charge is 2.25. The van der Waals surface area contributed by atoms with E-state index in [1.54, 1.807) is 18.9 Å². The summed E-state index contributed by atoms with van der Waals surface area (Å²) in [5, 5.41) is 29.8. The van der Waals surface area contributed by atoms with E-state index in [-0.39, 0.29) is 12.1 Å². The fraction of sp³-hybridized carbons (Fsp3) is 0.583. The SMILES string of the molecule is COCCN(CCC#N)c1sc([C@@H](C)O)cc1[N+](=O)[O-]. The number of aliphatic hydroxyl groups excluding tert-OH is 1. The van der Waals surface area contributed by atoms with Gasteiger partial charge in [0.2, 0.25) is 0 Å². The average Bonchev–Trinajstić information content (AvgIpc) is 2.84. The normalized spacial score (nSPS) is 11.9. The molecule has 20 heavy (non-hydrogen) atoms. The van der Waals surface area contributed by atoms with Crippen molar-refractivity contribution >= 4 is 22.0 Å². The van der Waals surface area contributed by atoms with Gasteiger partial charge in [-0.25, -0.2) is 0 Å². The van der Waals surface area contributed by atoms with Gasteiger partial charge in [-0.15, -0.1) is 11.3 Å². The summed E-state index contributed by atoms with van der Waals surface area (Å²) in [6.45, 7) is 2.82. The van der Waals surface area contributed by atoms with E-state index in [0.29, 0.717) is 29.6 Å². The number of nitriles is 1. The number of anilines is 1. The van der Waals surface area contributed by atoms with Crippen molar-refractivity contribution in [3.63, 3.8) is 0 Å². The van der Waals surface area contributed by atoms with E-state index in [2.05, 4.69) is 0 Å². The molecule has 0 aliphatic carbocycles. The van der Waals surface area contributed by atoms with Crippen LogP contribution in [0.15, 0.2) is 6.07 Å². The summed E-state index contributed by atoms with van der Waals surface area (Å²) in [5.74, 6) is 0. The van der Waals surface area contributed by atoms with E-state index in [9.17, 15) is 15.2 Å². The Labute approximate surface area is 121 Å². The molecule has 1 rings (SSSR count). The van der Waals surface area contributed by atoms with Gasteiger partial charge in [-0.05, 0) is 6.92 Å². The molecule has 0 spiro atoms. The van der Waals surface area contributed by atoms with Gasteiger partial charge in [-0.1, -0.05) is 0 Å². The Balaban J connectivity index is 3.09. The van der Waals surface area contributed by atoms with Crippen molar-refractivity contribution in [2.24, 2.45) is 0 Å². The number of hydrogen-bond donors (Lipinski definition) is 1. The third kappa shape index (κ3) is 4.16. The first kappa shape index (κ1) is 16.4. The lowest BCUT2D eigenvalue weighted by atomic mass is 10.3. The topological polar surface area (TPSA) is 99.6 Å². The molecular formula is C12H17N3O4S. The molecule has 7 nitrogen and oxygen atoms in total. The highest BCUT2D eigenvalue weighted by Crippen LogP contribution is 2.40. The third-order valence-corrected chi connectivity index (χ3v) is 4.02. The Bertz CT molecular complexity index is 495. The van der Waals surface area contributed by atoms with Crippen LogP contribution in [-0.4, -0.2) is 36.8 Å². The van der Waals surface area contributed by atoms with Gasteiger partial charge in [0.05, 0.1) is 30.1 Å². The Kier molecular flexibility index (Phi) is 6.38. The van der Waals surface area contributed by atoms with Crippen LogP contribution in [0.4, 0.5) is 10.7 Å². The molecule has 0 fully saturated rings. The maximum absolute atomic E-state index is 11.1. The molecule has 0 saturated heterocycles. The lowest BCUT2D eigenvalue weighted by molar-refractivity contribution is -0.383. The molecule has 0 aliphatic heterocycles. The number of ether oxygens (including phenoxy) is 1. The third-order valence-electron chi connectivity index (χ3n) is 2.67. The van der Waals surface area contributed by atoms with Gasteiger partial charge in [-0.2, -0.15) is 5.26 Å². The van der Waals surface area contributed by atoms with E-state index < -0.39 is 11.0 Å². The molecule has 1 atom stereocenters. The number of hydrogen-bond acceptors (Lipinski definition) is 7. The number of nitro groups is 1. The van der Waals surface area contributed by atoms with Gasteiger partial charge in [0.1, 0.15) is 0 Å². The van der Waals surface area contributed by atoms with E-state index >= 15 is 0 Å². The van der Waals surface area contributed by atoms with Crippen LogP contribution in [0, 0.1) is 21.4 Å². The van der Waals surface area contributed by atoms with Gasteiger partial charge in [-0.3, -0.25) is 10.1 Å². The van der Waals surface area contributed by atoms with Crippen molar-refractivity contribution < 1.29 is 14.8 Å². The Hall–Kier alpha value is -1.69. The standard InChI is InChI=1S/C12H17N3O4S/c1-9(16)11-8-10(15(17)18)12(20-11)14(5-3-4-13)6-7-19-2/h8-9,16H,3,5-7H2,1-2H3/t9-/m1/s1. The van der Waals surface area contributed by atoms with Crippen LogP contribution in [0.1, 0.15) is 24.3 Å². The van der Waals surface area contributed by atoms with Crippen molar-refractivity contribution in [2.45, 2.75) is 19.4 Å². The number of rotatable bonds is 8. The second kappa shape index (κ2) is 7.79. The summed E-state index contributed by atoms with van der Waals surface area (Å²) >= 11 is 1.17. The van der Waals surface area contributed by atoms with Crippen LogP contribution in [0.25, 0.3) is 0 Å². The summed E-state index contributed by atoms with van der Waals surface area (Å²) in [6.07, 6.45) is -0.490. The second-order valence-electron chi connectivity index (χ2n) is 4.16. The molecule has 1 N–H and O–H groups in total. The van der Waals surface area contributed by atoms with Crippen LogP contribution in [0.5, 0.6) is 0 Å². The number of aliphatic hydroxyl groups is 1. The lowest BCUT2D eigenvalue weighted by Crippen LogP contribution is -2.27. The number of thiophene rings is 1. The molecular weight excluding hydrogens is 282 g/mol. The summed E-state index contributed by atoms with van der Waals surface area (Å²) in [6, 6.07) is 3.41. The van der Waals surface area contributed by atoms with Crippen LogP contribution < -0.4 is 4.90 Å². The minimum absolute atomic E-state index is 0.0417. The molecule has 110 valence electrons. The molecule has 0 saturated carbocycles. The van der Waals surface area contributed by atoms with Gasteiger partial charge in [0.25, 0.3) is 0 Å². The van der Waals surface area contributed by atoms with Crippen LogP contribution in [-0.2, 0) is 4.74 Å². The van der Waals surface area contributed by atoms with Crippen molar-refractivity contribution in [1.82, 2.24) is 0 Å². The summed E-state index contributed by atoms with van der Waals surface area (Å²) < 4.78 is 4.99. The molecule has 8 heteroatoms. The van der Waals surface area contributed by atoms with E-state index in [1.807, 2.05) is 6.07 Å². The Morgan fingerprint density at radius 1 is 1.65 bits per heavy atom. The highest BCUT2D eigenvalue weighted by atomic mass is 32.1. The van der Waals surface area contributed by atoms with Crippen molar-refractivity contribution in [3.05, 3.63) is 21.1 Å². The zero-order valence-corrected chi connectivity index (χ0v) is 12.2. The molecule has 0 radical (unpaired) electrons. The second-order valence-corrected chi connectivity index (χ2v) is 5.22. The van der Waals surface area contributed by atoms with E-state index in [0.717, 1.165) is 0 Å². The van der Waals surface area contributed by atoms with Gasteiger partial charge in [0.15, 0.2) is 5.00 Å². The average molecular weight is 299 g/mol. The minimum atomic E-state index is -0.757. The number of nitrogens with zero attached hydrogens (tertiary/aromatic N) is 3. The number of methoxy groups -OCH3 is 1. The first-order valence-electron chi connectivity index (χ1n) is 6.08. The van der Waals surface area contributed by atoms with Gasteiger partial charge < -0.3 is 14.7 Å². The molecule has 0 aromatic carbocycles. The molecule has 0 aliphatic rings. The first-order valence-corrected chi connectivity index (χ1v) is 6.90. The van der Waals surface area contributed by atoms with Crippen molar-refractivity contribution in [1.29, 1.82) is 5.26 Å². The monoisotopic (exact) mass is 299 g/mol. The van der Waals surface area contributed by atoms with Crippen molar-refractivity contribution in [3.8, 4) is 6.07 Å². The fourth-order valence-corrected chi connectivity index (χ4v) is 2.77. The van der Waals surface area contributed by atoms with Crippen molar-refractivity contribution in [2.75, 3.05) is 31.7 Å². The smallest absolute Gasteiger partial charge is 0.304 e. The van der Waals surface area contributed by atoms with Crippen LogP contribution in [0.3, 0.4) is 0 Å². The zero-order valence-electron chi connectivity index (χ0n) is 11.4. The van der Waals surface area contributed by atoms with Crippen LogP contribution >= 0.6 is 11.3 Å². The van der Waals surface area contributed by atoms with Gasteiger partial charge >= 0.3 is 5.69 Å². The minimum Gasteiger partial charge on any atom is -0.388 e. The van der Waals surface area contributed by atoms with Crippen LogP contribution in [0.2, 0.25) is 0 Å². The maximum atomic E-state index is 11.1. The predicted octanol–water partition coefficient (Wildman–Crippen LogP) is 2.08. The molecule has 0 bridgehead atoms. The predicted molar refractivity (Wildman–Crippen MR) is 75.9 cm³/mol. The molecule has 1 aromatic heterocycles. The summed E-state index contributed by atoms with van der Waals surface area (Å²) in [7, 11) is 1.55. The molecule has 1 aromatic rings. The van der Waals surface area contributed by atoms with E-state index in [4.69, 9.17) is 10.00 Å².